The average molecular weight is 167 g/mol. The molecule has 0 aliphatic heterocycles. The molecule has 1 aromatic rings. The highest BCUT2D eigenvalue weighted by Gasteiger charge is 1.99. The normalized spacial score (nSPS) is 10.1. The van der Waals surface area contributed by atoms with Crippen molar-refractivity contribution in [1.29, 1.82) is 0 Å². The molecule has 1 rings (SSSR count). The van der Waals surface area contributed by atoms with Crippen molar-refractivity contribution >= 4 is 17.4 Å². The predicted molar refractivity (Wildman–Crippen MR) is 52.1 cm³/mol. The average Bonchev–Trinajstić information content (AvgIpc) is 1.97. The van der Waals surface area contributed by atoms with E-state index in [9.17, 15) is 0 Å². The smallest absolute Gasteiger partial charge is 0.0355 e. The second kappa shape index (κ2) is 3.18. The zero-order valence-electron chi connectivity index (χ0n) is 7.14. The fourth-order valence-electron chi connectivity index (χ4n) is 1.07. The van der Waals surface area contributed by atoms with Gasteiger partial charge in [-0.3, -0.25) is 0 Å². The SMILES string of the molecule is CSc1cc(N)c(C)cc1C. The van der Waals surface area contributed by atoms with Gasteiger partial charge in [-0.15, -0.1) is 11.8 Å². The van der Waals surface area contributed by atoms with Crippen molar-refractivity contribution in [2.75, 3.05) is 12.0 Å². The Bertz CT molecular complexity index is 269. The lowest BCUT2D eigenvalue weighted by atomic mass is 10.1. The van der Waals surface area contributed by atoms with Gasteiger partial charge in [0.2, 0.25) is 0 Å². The topological polar surface area (TPSA) is 26.0 Å². The molecule has 0 aliphatic carbocycles. The Hall–Kier alpha value is -0.630. The summed E-state index contributed by atoms with van der Waals surface area (Å²) in [5.41, 5.74) is 9.12. The highest BCUT2D eigenvalue weighted by Crippen LogP contribution is 2.24. The van der Waals surface area contributed by atoms with E-state index in [4.69, 9.17) is 5.73 Å². The molecule has 0 aliphatic rings. The summed E-state index contributed by atoms with van der Waals surface area (Å²) in [7, 11) is 0. The molecule has 0 aromatic heterocycles. The molecule has 60 valence electrons. The lowest BCUT2D eigenvalue weighted by molar-refractivity contribution is 1.27. The van der Waals surface area contributed by atoms with Crippen molar-refractivity contribution in [3.63, 3.8) is 0 Å². The lowest BCUT2D eigenvalue weighted by Crippen LogP contribution is -1.91. The third-order valence-electron chi connectivity index (χ3n) is 1.78. The summed E-state index contributed by atoms with van der Waals surface area (Å²) in [6.07, 6.45) is 2.07. The summed E-state index contributed by atoms with van der Waals surface area (Å²) in [4.78, 5) is 1.27. The zero-order valence-corrected chi connectivity index (χ0v) is 7.96. The first-order chi connectivity index (χ1) is 5.15. The Morgan fingerprint density at radius 2 is 1.82 bits per heavy atom. The molecule has 0 bridgehead atoms. The molecule has 0 atom stereocenters. The maximum Gasteiger partial charge on any atom is 0.0355 e. The molecule has 0 fully saturated rings. The minimum Gasteiger partial charge on any atom is -0.398 e. The molecule has 11 heavy (non-hydrogen) atoms. The largest absolute Gasteiger partial charge is 0.398 e. The van der Waals surface area contributed by atoms with Crippen molar-refractivity contribution in [3.8, 4) is 0 Å². The van der Waals surface area contributed by atoms with Gasteiger partial charge in [-0.2, -0.15) is 0 Å². The van der Waals surface area contributed by atoms with Gasteiger partial charge in [0, 0.05) is 10.6 Å². The quantitative estimate of drug-likeness (QED) is 0.514. The number of nitrogens with two attached hydrogens (primary N) is 1. The summed E-state index contributed by atoms with van der Waals surface area (Å²) < 4.78 is 0. The summed E-state index contributed by atoms with van der Waals surface area (Å²) in [6.45, 7) is 4.14. The van der Waals surface area contributed by atoms with Gasteiger partial charge in [-0.05, 0) is 37.3 Å². The molecule has 0 saturated heterocycles. The minimum atomic E-state index is 0.889. The Balaban J connectivity index is 3.21. The first-order valence-electron chi connectivity index (χ1n) is 3.56. The van der Waals surface area contributed by atoms with Gasteiger partial charge < -0.3 is 5.73 Å². The molecular formula is C9H13NS. The first kappa shape index (κ1) is 8.47. The number of nitrogen functional groups attached to an aromatic ring is 1. The molecule has 0 unspecified atom stereocenters. The van der Waals surface area contributed by atoms with Gasteiger partial charge in [-0.25, -0.2) is 0 Å². The van der Waals surface area contributed by atoms with Crippen LogP contribution in [0.3, 0.4) is 0 Å². The van der Waals surface area contributed by atoms with E-state index in [2.05, 4.69) is 19.2 Å². The number of anilines is 1. The molecule has 2 N–H and O–H groups in total. The molecule has 1 nitrogen and oxygen atoms in total. The molecule has 0 heterocycles. The van der Waals surface area contributed by atoms with Crippen LogP contribution in [0.4, 0.5) is 5.69 Å². The summed E-state index contributed by atoms with van der Waals surface area (Å²) >= 11 is 1.74. The van der Waals surface area contributed by atoms with Crippen molar-refractivity contribution in [1.82, 2.24) is 0 Å². The molecule has 0 spiro atoms. The lowest BCUT2D eigenvalue weighted by Gasteiger charge is -2.06. The number of aryl methyl sites for hydroxylation is 2. The molecular weight excluding hydrogens is 154 g/mol. The van der Waals surface area contributed by atoms with E-state index in [1.165, 1.54) is 16.0 Å². The van der Waals surface area contributed by atoms with Crippen molar-refractivity contribution < 1.29 is 0 Å². The predicted octanol–water partition coefficient (Wildman–Crippen LogP) is 2.61. The highest BCUT2D eigenvalue weighted by molar-refractivity contribution is 7.98. The summed E-state index contributed by atoms with van der Waals surface area (Å²) in [6, 6.07) is 4.16. The first-order valence-corrected chi connectivity index (χ1v) is 4.78. The van der Waals surface area contributed by atoms with Crippen molar-refractivity contribution in [2.45, 2.75) is 18.7 Å². The van der Waals surface area contributed by atoms with Crippen LogP contribution in [0.2, 0.25) is 0 Å². The van der Waals surface area contributed by atoms with E-state index >= 15 is 0 Å². The fourth-order valence-corrected chi connectivity index (χ4v) is 1.69. The second-order valence-electron chi connectivity index (χ2n) is 2.68. The van der Waals surface area contributed by atoms with Crippen LogP contribution in [0.15, 0.2) is 17.0 Å². The fraction of sp³-hybridized carbons (Fsp3) is 0.333. The number of rotatable bonds is 1. The summed E-state index contributed by atoms with van der Waals surface area (Å²) in [5, 5.41) is 0. The third-order valence-corrected chi connectivity index (χ3v) is 2.66. The van der Waals surface area contributed by atoms with Gasteiger partial charge in [0.15, 0.2) is 0 Å². The third kappa shape index (κ3) is 1.69. The Morgan fingerprint density at radius 1 is 1.18 bits per heavy atom. The van der Waals surface area contributed by atoms with E-state index in [1.54, 1.807) is 11.8 Å². The molecule has 0 amide bonds. The van der Waals surface area contributed by atoms with Crippen LogP contribution in [0.25, 0.3) is 0 Å². The van der Waals surface area contributed by atoms with E-state index in [0.717, 1.165) is 5.69 Å². The van der Waals surface area contributed by atoms with Crippen LogP contribution >= 0.6 is 11.8 Å². The van der Waals surface area contributed by atoms with Crippen molar-refractivity contribution in [3.05, 3.63) is 23.3 Å². The minimum absolute atomic E-state index is 0.889. The maximum atomic E-state index is 5.75. The second-order valence-corrected chi connectivity index (χ2v) is 3.53. The van der Waals surface area contributed by atoms with Crippen LogP contribution in [-0.2, 0) is 0 Å². The number of benzene rings is 1. The number of hydrogen-bond donors (Lipinski definition) is 1. The van der Waals surface area contributed by atoms with E-state index in [1.807, 2.05) is 13.0 Å². The van der Waals surface area contributed by atoms with Crippen LogP contribution < -0.4 is 5.73 Å². The van der Waals surface area contributed by atoms with Gasteiger partial charge in [-0.1, -0.05) is 6.07 Å². The van der Waals surface area contributed by atoms with Crippen LogP contribution in [0.5, 0.6) is 0 Å². The van der Waals surface area contributed by atoms with Gasteiger partial charge in [0.25, 0.3) is 0 Å². The number of thioether (sulfide) groups is 1. The van der Waals surface area contributed by atoms with Gasteiger partial charge in [0.05, 0.1) is 0 Å². The van der Waals surface area contributed by atoms with Crippen LogP contribution in [0.1, 0.15) is 11.1 Å². The van der Waals surface area contributed by atoms with E-state index < -0.39 is 0 Å². The van der Waals surface area contributed by atoms with E-state index in [-0.39, 0.29) is 0 Å². The zero-order chi connectivity index (χ0) is 8.43. The highest BCUT2D eigenvalue weighted by atomic mass is 32.2. The molecule has 0 saturated carbocycles. The molecule has 2 heteroatoms. The van der Waals surface area contributed by atoms with Crippen molar-refractivity contribution in [2.24, 2.45) is 0 Å². The molecule has 1 aromatic carbocycles. The van der Waals surface area contributed by atoms with Crippen LogP contribution in [0, 0.1) is 13.8 Å². The monoisotopic (exact) mass is 167 g/mol. The van der Waals surface area contributed by atoms with Crippen LogP contribution in [-0.4, -0.2) is 6.26 Å². The van der Waals surface area contributed by atoms with E-state index in [0.29, 0.717) is 0 Å². The van der Waals surface area contributed by atoms with Gasteiger partial charge >= 0.3 is 0 Å². The summed E-state index contributed by atoms with van der Waals surface area (Å²) in [5.74, 6) is 0. The Kier molecular flexibility index (Phi) is 2.45. The van der Waals surface area contributed by atoms with Gasteiger partial charge in [0.1, 0.15) is 0 Å². The standard InChI is InChI=1S/C9H13NS/c1-6-4-7(2)9(11-3)5-8(6)10/h4-5H,10H2,1-3H3. The number of hydrogen-bond acceptors (Lipinski definition) is 2. The Morgan fingerprint density at radius 3 is 2.36 bits per heavy atom. The Labute approximate surface area is 72.0 Å². The molecule has 0 radical (unpaired) electrons. The maximum absolute atomic E-state index is 5.75.